The van der Waals surface area contributed by atoms with Crippen LogP contribution in [0.15, 0.2) is 36.4 Å². The molecule has 108 valence electrons. The number of hydrogen-bond donors (Lipinski definition) is 1. The summed E-state index contributed by atoms with van der Waals surface area (Å²) < 4.78 is 43.2. The molecule has 0 aromatic heterocycles. The van der Waals surface area contributed by atoms with Gasteiger partial charge in [0.1, 0.15) is 17.6 Å². The number of rotatable bonds is 2. The zero-order valence-electron chi connectivity index (χ0n) is 11.0. The Morgan fingerprint density at radius 2 is 1.90 bits per heavy atom. The lowest BCUT2D eigenvalue weighted by Gasteiger charge is -2.14. The van der Waals surface area contributed by atoms with Gasteiger partial charge in [-0.05, 0) is 36.8 Å². The average Bonchev–Trinajstić information content (AvgIpc) is 2.41. The molecule has 0 heterocycles. The number of hydrogen-bond acceptors (Lipinski definition) is 3. The topological polar surface area (TPSA) is 59.0 Å². The van der Waals surface area contributed by atoms with Crippen LogP contribution in [0.3, 0.4) is 0 Å². The minimum atomic E-state index is -4.47. The van der Waals surface area contributed by atoms with Crippen LogP contribution in [0.4, 0.5) is 18.9 Å². The Morgan fingerprint density at radius 3 is 2.48 bits per heavy atom. The smallest absolute Gasteiger partial charge is 0.416 e. The standard InChI is InChI=1S/C15H11F3N2O/c1-9-3-2-4-10(8-19)14(9)21-13-6-5-11(7-12(13)20)15(16,17)18/h2-7H,20H2,1H3. The van der Waals surface area contributed by atoms with Crippen LogP contribution in [0.25, 0.3) is 0 Å². The Kier molecular flexibility index (Phi) is 3.76. The summed E-state index contributed by atoms with van der Waals surface area (Å²) in [6, 6.07) is 9.78. The normalized spacial score (nSPS) is 11.0. The number of halogens is 3. The molecule has 2 rings (SSSR count). The van der Waals surface area contributed by atoms with E-state index in [1.165, 1.54) is 0 Å². The minimum absolute atomic E-state index is 0.0776. The van der Waals surface area contributed by atoms with Gasteiger partial charge in [0.2, 0.25) is 0 Å². The number of aryl methyl sites for hydroxylation is 1. The lowest BCUT2D eigenvalue weighted by molar-refractivity contribution is -0.137. The summed E-state index contributed by atoms with van der Waals surface area (Å²) in [6.07, 6.45) is -4.47. The molecule has 0 aliphatic heterocycles. The summed E-state index contributed by atoms with van der Waals surface area (Å²) in [5.41, 5.74) is 5.58. The maximum atomic E-state index is 12.6. The van der Waals surface area contributed by atoms with E-state index in [4.69, 9.17) is 15.7 Å². The highest BCUT2D eigenvalue weighted by atomic mass is 19.4. The van der Waals surface area contributed by atoms with E-state index in [1.807, 2.05) is 6.07 Å². The largest absolute Gasteiger partial charge is 0.454 e. The van der Waals surface area contributed by atoms with Gasteiger partial charge in [0.05, 0.1) is 16.8 Å². The van der Waals surface area contributed by atoms with E-state index >= 15 is 0 Å². The molecule has 2 N–H and O–H groups in total. The first-order valence-corrected chi connectivity index (χ1v) is 5.97. The SMILES string of the molecule is Cc1cccc(C#N)c1Oc1ccc(C(F)(F)F)cc1N. The third-order valence-electron chi connectivity index (χ3n) is 2.88. The van der Waals surface area contributed by atoms with Crippen LogP contribution in [0.1, 0.15) is 16.7 Å². The Morgan fingerprint density at radius 1 is 1.19 bits per heavy atom. The van der Waals surface area contributed by atoms with Gasteiger partial charge in [-0.1, -0.05) is 12.1 Å². The first-order valence-electron chi connectivity index (χ1n) is 5.97. The highest BCUT2D eigenvalue weighted by Gasteiger charge is 2.31. The van der Waals surface area contributed by atoms with Gasteiger partial charge < -0.3 is 10.5 Å². The fourth-order valence-electron chi connectivity index (χ4n) is 1.80. The molecule has 0 fully saturated rings. The molecule has 0 spiro atoms. The molecule has 0 saturated heterocycles. The van der Waals surface area contributed by atoms with E-state index in [0.717, 1.165) is 18.2 Å². The Hall–Kier alpha value is -2.68. The van der Waals surface area contributed by atoms with Crippen molar-refractivity contribution >= 4 is 5.69 Å². The number of anilines is 1. The summed E-state index contributed by atoms with van der Waals surface area (Å²) >= 11 is 0. The molecule has 0 bridgehead atoms. The highest BCUT2D eigenvalue weighted by molar-refractivity contribution is 5.58. The molecular weight excluding hydrogens is 281 g/mol. The maximum absolute atomic E-state index is 12.6. The van der Waals surface area contributed by atoms with Gasteiger partial charge in [-0.15, -0.1) is 0 Å². The molecule has 21 heavy (non-hydrogen) atoms. The zero-order chi connectivity index (χ0) is 15.6. The fourth-order valence-corrected chi connectivity index (χ4v) is 1.80. The number of nitrogens with two attached hydrogens (primary N) is 1. The summed E-state index contributed by atoms with van der Waals surface area (Å²) in [6.45, 7) is 1.73. The summed E-state index contributed by atoms with van der Waals surface area (Å²) in [4.78, 5) is 0. The Bertz CT molecular complexity index is 718. The van der Waals surface area contributed by atoms with Gasteiger partial charge in [-0.25, -0.2) is 0 Å². The van der Waals surface area contributed by atoms with Crippen molar-refractivity contribution < 1.29 is 17.9 Å². The van der Waals surface area contributed by atoms with Crippen LogP contribution in [0.2, 0.25) is 0 Å². The number of ether oxygens (including phenoxy) is 1. The van der Waals surface area contributed by atoms with E-state index in [-0.39, 0.29) is 22.7 Å². The van der Waals surface area contributed by atoms with Crippen LogP contribution >= 0.6 is 0 Å². The predicted octanol–water partition coefficient (Wildman–Crippen LogP) is 4.26. The van der Waals surface area contributed by atoms with Crippen molar-refractivity contribution in [1.29, 1.82) is 5.26 Å². The first kappa shape index (κ1) is 14.7. The second kappa shape index (κ2) is 5.37. The molecule has 2 aromatic carbocycles. The number of nitriles is 1. The molecule has 0 radical (unpaired) electrons. The third kappa shape index (κ3) is 3.08. The van der Waals surface area contributed by atoms with Crippen LogP contribution < -0.4 is 10.5 Å². The Labute approximate surface area is 119 Å². The number of para-hydroxylation sites is 1. The number of benzene rings is 2. The molecule has 0 atom stereocenters. The molecule has 0 aliphatic carbocycles. The van der Waals surface area contributed by atoms with E-state index < -0.39 is 11.7 Å². The first-order chi connectivity index (χ1) is 9.82. The monoisotopic (exact) mass is 292 g/mol. The van der Waals surface area contributed by atoms with E-state index in [0.29, 0.717) is 5.56 Å². The minimum Gasteiger partial charge on any atom is -0.454 e. The summed E-state index contributed by atoms with van der Waals surface area (Å²) in [5.74, 6) is 0.361. The lowest BCUT2D eigenvalue weighted by Crippen LogP contribution is -2.06. The van der Waals surface area contributed by atoms with Crippen molar-refractivity contribution in [2.24, 2.45) is 0 Å². The van der Waals surface area contributed by atoms with Gasteiger partial charge in [-0.2, -0.15) is 18.4 Å². The molecule has 0 amide bonds. The van der Waals surface area contributed by atoms with Crippen LogP contribution in [-0.2, 0) is 6.18 Å². The van der Waals surface area contributed by atoms with Crippen molar-refractivity contribution in [1.82, 2.24) is 0 Å². The molecule has 6 heteroatoms. The van der Waals surface area contributed by atoms with Gasteiger partial charge >= 0.3 is 6.18 Å². The summed E-state index contributed by atoms with van der Waals surface area (Å²) in [5, 5.41) is 9.03. The lowest BCUT2D eigenvalue weighted by atomic mass is 10.1. The van der Waals surface area contributed by atoms with Crippen molar-refractivity contribution in [3.63, 3.8) is 0 Å². The molecular formula is C15H11F3N2O. The van der Waals surface area contributed by atoms with Gasteiger partial charge in [-0.3, -0.25) is 0 Å². The van der Waals surface area contributed by atoms with Crippen LogP contribution in [-0.4, -0.2) is 0 Å². The van der Waals surface area contributed by atoms with Crippen molar-refractivity contribution in [3.8, 4) is 17.6 Å². The number of nitrogens with zero attached hydrogens (tertiary/aromatic N) is 1. The molecule has 0 saturated carbocycles. The predicted molar refractivity (Wildman–Crippen MR) is 71.8 cm³/mol. The molecule has 0 aliphatic rings. The zero-order valence-corrected chi connectivity index (χ0v) is 11.0. The van der Waals surface area contributed by atoms with Gasteiger partial charge in [0.25, 0.3) is 0 Å². The molecule has 2 aromatic rings. The van der Waals surface area contributed by atoms with E-state index in [9.17, 15) is 13.2 Å². The maximum Gasteiger partial charge on any atom is 0.416 e. The Balaban J connectivity index is 2.40. The third-order valence-corrected chi connectivity index (χ3v) is 2.88. The molecule has 0 unspecified atom stereocenters. The van der Waals surface area contributed by atoms with Crippen LogP contribution in [0, 0.1) is 18.3 Å². The summed E-state index contributed by atoms with van der Waals surface area (Å²) in [7, 11) is 0. The quantitative estimate of drug-likeness (QED) is 0.841. The number of nitrogen functional groups attached to an aromatic ring is 1. The van der Waals surface area contributed by atoms with Crippen molar-refractivity contribution in [2.75, 3.05) is 5.73 Å². The van der Waals surface area contributed by atoms with Crippen molar-refractivity contribution in [3.05, 3.63) is 53.1 Å². The highest BCUT2D eigenvalue weighted by Crippen LogP contribution is 2.36. The number of alkyl halides is 3. The van der Waals surface area contributed by atoms with E-state index in [2.05, 4.69) is 0 Å². The molecule has 3 nitrogen and oxygen atoms in total. The second-order valence-corrected chi connectivity index (χ2v) is 4.42. The second-order valence-electron chi connectivity index (χ2n) is 4.42. The van der Waals surface area contributed by atoms with Crippen LogP contribution in [0.5, 0.6) is 11.5 Å². The fraction of sp³-hybridized carbons (Fsp3) is 0.133. The van der Waals surface area contributed by atoms with E-state index in [1.54, 1.807) is 25.1 Å². The average molecular weight is 292 g/mol. The van der Waals surface area contributed by atoms with Gasteiger partial charge in [0.15, 0.2) is 0 Å². The van der Waals surface area contributed by atoms with Gasteiger partial charge in [0, 0.05) is 0 Å². The van der Waals surface area contributed by atoms with Crippen molar-refractivity contribution in [2.45, 2.75) is 13.1 Å².